The summed E-state index contributed by atoms with van der Waals surface area (Å²) in [4.78, 5) is 36.3. The van der Waals surface area contributed by atoms with Gasteiger partial charge in [0, 0.05) is 31.5 Å². The molecule has 1 aliphatic rings. The lowest BCUT2D eigenvalue weighted by atomic mass is 9.79. The molecular formula is C27H30N4O2. The van der Waals surface area contributed by atoms with Crippen LogP contribution in [0.4, 0.5) is 0 Å². The third-order valence-corrected chi connectivity index (χ3v) is 6.18. The maximum atomic E-state index is 13.4. The molecule has 1 atom stereocenters. The Morgan fingerprint density at radius 1 is 1.09 bits per heavy atom. The zero-order valence-electron chi connectivity index (χ0n) is 19.4. The molecule has 6 nitrogen and oxygen atoms in total. The van der Waals surface area contributed by atoms with Crippen LogP contribution in [0.5, 0.6) is 0 Å². The van der Waals surface area contributed by atoms with Gasteiger partial charge in [0.1, 0.15) is 5.69 Å². The van der Waals surface area contributed by atoms with E-state index >= 15 is 0 Å². The Morgan fingerprint density at radius 3 is 2.58 bits per heavy atom. The Bertz CT molecular complexity index is 1130. The lowest BCUT2D eigenvalue weighted by Gasteiger charge is -2.29. The molecule has 1 aromatic heterocycles. The fraction of sp³-hybridized carbons (Fsp3) is 0.333. The smallest absolute Gasteiger partial charge is 0.274 e. The highest BCUT2D eigenvalue weighted by molar-refractivity contribution is 5.93. The quantitative estimate of drug-likeness (QED) is 0.625. The van der Waals surface area contributed by atoms with Crippen LogP contribution in [0.2, 0.25) is 0 Å². The first-order chi connectivity index (χ1) is 15.9. The highest BCUT2D eigenvalue weighted by atomic mass is 16.2. The molecule has 33 heavy (non-hydrogen) atoms. The number of hydrogen-bond acceptors (Lipinski definition) is 4. The highest BCUT2D eigenvalue weighted by Gasteiger charge is 2.46. The normalized spacial score (nSPS) is 17.9. The molecule has 0 spiro atoms. The number of aromatic nitrogens is 2. The number of rotatable bonds is 6. The number of carbonyl (C=O) groups excluding carboxylic acids is 2. The zero-order valence-corrected chi connectivity index (χ0v) is 19.4. The number of carbonyl (C=O) groups is 2. The summed E-state index contributed by atoms with van der Waals surface area (Å²) >= 11 is 0. The highest BCUT2D eigenvalue weighted by Crippen LogP contribution is 2.36. The second kappa shape index (κ2) is 9.53. The molecule has 3 aromatic rings. The van der Waals surface area contributed by atoms with E-state index in [4.69, 9.17) is 0 Å². The van der Waals surface area contributed by atoms with Gasteiger partial charge in [-0.2, -0.15) is 0 Å². The Hall–Kier alpha value is -3.54. The number of nitrogens with zero attached hydrogens (tertiary/aromatic N) is 3. The maximum absolute atomic E-state index is 13.4. The lowest BCUT2D eigenvalue weighted by molar-refractivity contribution is -0.130. The topological polar surface area (TPSA) is 75.2 Å². The van der Waals surface area contributed by atoms with Crippen molar-refractivity contribution in [2.45, 2.75) is 39.7 Å². The number of nitrogens with one attached hydrogen (secondary N) is 1. The second-order valence-electron chi connectivity index (χ2n) is 9.22. The van der Waals surface area contributed by atoms with E-state index in [9.17, 15) is 9.59 Å². The summed E-state index contributed by atoms with van der Waals surface area (Å²) in [6.45, 7) is 6.86. The van der Waals surface area contributed by atoms with E-state index in [2.05, 4.69) is 64.7 Å². The van der Waals surface area contributed by atoms with E-state index in [1.165, 1.54) is 18.0 Å². The van der Waals surface area contributed by atoms with Gasteiger partial charge in [0.2, 0.25) is 5.91 Å². The maximum Gasteiger partial charge on any atom is 0.274 e. The van der Waals surface area contributed by atoms with Crippen LogP contribution in [0.1, 0.15) is 41.9 Å². The van der Waals surface area contributed by atoms with Crippen LogP contribution in [0.15, 0.2) is 67.1 Å². The Kier molecular flexibility index (Phi) is 6.54. The van der Waals surface area contributed by atoms with Crippen LogP contribution in [0.3, 0.4) is 0 Å². The van der Waals surface area contributed by atoms with Crippen molar-refractivity contribution in [1.29, 1.82) is 0 Å². The van der Waals surface area contributed by atoms with Gasteiger partial charge in [-0.3, -0.25) is 14.6 Å². The van der Waals surface area contributed by atoms with Crippen LogP contribution in [-0.4, -0.2) is 45.8 Å². The minimum absolute atomic E-state index is 0.00677. The van der Waals surface area contributed by atoms with Crippen molar-refractivity contribution in [2.75, 3.05) is 13.1 Å². The van der Waals surface area contributed by atoms with E-state index < -0.39 is 5.41 Å². The van der Waals surface area contributed by atoms with Crippen LogP contribution < -0.4 is 5.32 Å². The van der Waals surface area contributed by atoms with Gasteiger partial charge in [0.25, 0.3) is 5.91 Å². The molecule has 2 aromatic carbocycles. The van der Waals surface area contributed by atoms with E-state index in [0.29, 0.717) is 31.6 Å². The molecule has 0 aliphatic carbocycles. The van der Waals surface area contributed by atoms with Gasteiger partial charge >= 0.3 is 0 Å². The van der Waals surface area contributed by atoms with Crippen LogP contribution in [-0.2, 0) is 11.2 Å². The number of aryl methyl sites for hydroxylation is 1. The molecule has 1 saturated heterocycles. The minimum atomic E-state index is -0.686. The zero-order chi connectivity index (χ0) is 23.4. The molecule has 6 heteroatoms. The van der Waals surface area contributed by atoms with Crippen molar-refractivity contribution in [2.24, 2.45) is 5.41 Å². The Balaban J connectivity index is 1.61. The summed E-state index contributed by atoms with van der Waals surface area (Å²) in [7, 11) is 0. The van der Waals surface area contributed by atoms with Gasteiger partial charge < -0.3 is 10.2 Å². The van der Waals surface area contributed by atoms with Gasteiger partial charge in [-0.05, 0) is 50.3 Å². The molecule has 0 radical (unpaired) electrons. The number of likely N-dealkylation sites (tertiary alicyclic amines) is 1. The molecule has 0 bridgehead atoms. The van der Waals surface area contributed by atoms with E-state index in [-0.39, 0.29) is 17.9 Å². The summed E-state index contributed by atoms with van der Waals surface area (Å²) in [5.41, 5.74) is 4.19. The third kappa shape index (κ3) is 5.11. The fourth-order valence-corrected chi connectivity index (χ4v) is 4.44. The van der Waals surface area contributed by atoms with Crippen molar-refractivity contribution in [3.05, 3.63) is 83.9 Å². The Labute approximate surface area is 195 Å². The average Bonchev–Trinajstić information content (AvgIpc) is 3.25. The molecule has 170 valence electrons. The Morgan fingerprint density at radius 2 is 1.88 bits per heavy atom. The predicted molar refractivity (Wildman–Crippen MR) is 129 cm³/mol. The molecule has 2 heterocycles. The first kappa shape index (κ1) is 22.6. The van der Waals surface area contributed by atoms with E-state index in [1.54, 1.807) is 11.1 Å². The van der Waals surface area contributed by atoms with Gasteiger partial charge in [-0.25, -0.2) is 4.98 Å². The molecule has 1 fully saturated rings. The number of hydrogen-bond donors (Lipinski definition) is 1. The lowest BCUT2D eigenvalue weighted by Crippen LogP contribution is -2.47. The third-order valence-electron chi connectivity index (χ3n) is 6.18. The number of benzene rings is 2. The van der Waals surface area contributed by atoms with Crippen molar-refractivity contribution >= 4 is 11.8 Å². The van der Waals surface area contributed by atoms with Crippen LogP contribution >= 0.6 is 0 Å². The number of amides is 2. The first-order valence-electron chi connectivity index (χ1n) is 11.4. The average molecular weight is 443 g/mol. The van der Waals surface area contributed by atoms with Crippen LogP contribution in [0.25, 0.3) is 11.1 Å². The van der Waals surface area contributed by atoms with Gasteiger partial charge in [0.05, 0.1) is 11.6 Å². The van der Waals surface area contributed by atoms with Crippen molar-refractivity contribution < 1.29 is 9.59 Å². The summed E-state index contributed by atoms with van der Waals surface area (Å²) < 4.78 is 0. The SMILES string of the molecule is Cc1ccc(-c2cccc(C[C@]3(C(=O)NC(C)C)CCN(C(=O)c4cnccn4)C3)c2)cc1. The van der Waals surface area contributed by atoms with Crippen molar-refractivity contribution in [3.63, 3.8) is 0 Å². The standard InChI is InChI=1S/C27H30N4O2/c1-19(2)30-26(33)27(11-14-31(18-27)25(32)24-17-28-12-13-29-24)16-21-5-4-6-23(15-21)22-9-7-20(3)8-10-22/h4-10,12-13,15,17,19H,11,14,16,18H2,1-3H3,(H,30,33)/t27-/m1/s1. The molecule has 1 N–H and O–H groups in total. The van der Waals surface area contributed by atoms with Gasteiger partial charge in [-0.1, -0.05) is 54.1 Å². The van der Waals surface area contributed by atoms with Crippen LogP contribution in [0, 0.1) is 12.3 Å². The summed E-state index contributed by atoms with van der Waals surface area (Å²) in [5, 5.41) is 3.09. The van der Waals surface area contributed by atoms with Crippen molar-refractivity contribution in [1.82, 2.24) is 20.2 Å². The molecule has 1 aliphatic heterocycles. The molecule has 4 rings (SSSR count). The molecule has 0 unspecified atom stereocenters. The van der Waals surface area contributed by atoms with Gasteiger partial charge in [-0.15, -0.1) is 0 Å². The van der Waals surface area contributed by atoms with E-state index in [1.807, 2.05) is 19.9 Å². The summed E-state index contributed by atoms with van der Waals surface area (Å²) in [6.07, 6.45) is 5.70. The first-order valence-corrected chi connectivity index (χ1v) is 11.4. The molecule has 0 saturated carbocycles. The minimum Gasteiger partial charge on any atom is -0.353 e. The molecule has 2 amide bonds. The summed E-state index contributed by atoms with van der Waals surface area (Å²) in [5.74, 6) is -0.191. The second-order valence-corrected chi connectivity index (χ2v) is 9.22. The monoisotopic (exact) mass is 442 g/mol. The van der Waals surface area contributed by atoms with Crippen molar-refractivity contribution in [3.8, 4) is 11.1 Å². The van der Waals surface area contributed by atoms with Gasteiger partial charge in [0.15, 0.2) is 0 Å². The largest absolute Gasteiger partial charge is 0.353 e. The molecular weight excluding hydrogens is 412 g/mol. The predicted octanol–water partition coefficient (Wildman–Crippen LogP) is 4.05. The fourth-order valence-electron chi connectivity index (χ4n) is 4.44. The summed E-state index contributed by atoms with van der Waals surface area (Å²) in [6, 6.07) is 16.8. The van der Waals surface area contributed by atoms with E-state index in [0.717, 1.165) is 16.7 Å².